The van der Waals surface area contributed by atoms with Gasteiger partial charge in [0.15, 0.2) is 11.5 Å². The van der Waals surface area contributed by atoms with E-state index in [4.69, 9.17) is 14.2 Å². The number of hydrogen-bond acceptors (Lipinski definition) is 5. The van der Waals surface area contributed by atoms with E-state index in [2.05, 4.69) is 5.32 Å². The molecule has 1 N–H and O–H groups in total. The molecule has 0 aliphatic carbocycles. The van der Waals surface area contributed by atoms with Gasteiger partial charge in [-0.05, 0) is 49.8 Å². The second kappa shape index (κ2) is 10.6. The molecule has 1 amide bonds. The van der Waals surface area contributed by atoms with Gasteiger partial charge in [-0.15, -0.1) is 0 Å². The topological polar surface area (TPSA) is 80.6 Å². The van der Waals surface area contributed by atoms with E-state index in [0.717, 1.165) is 6.42 Å². The van der Waals surface area contributed by atoms with Crippen molar-refractivity contribution in [2.75, 3.05) is 25.6 Å². The van der Waals surface area contributed by atoms with Crippen LogP contribution in [0.15, 0.2) is 48.0 Å². The molecule has 0 aromatic heterocycles. The molecule has 0 saturated carbocycles. The molecule has 6 heteroatoms. The molecule has 2 aromatic carbocycles. The molecule has 0 aliphatic rings. The standard InChI is InChI=1S/C22H24N2O4/c1-4-13-28-21-16(7-6-8-20(21)27-5-2)14-17(15-23)22(25)24-18-9-11-19(26-3)12-10-18/h6-12,14H,4-5,13H2,1-3H3,(H,24,25)/b17-14+. The van der Waals surface area contributed by atoms with Crippen LogP contribution < -0.4 is 19.5 Å². The van der Waals surface area contributed by atoms with E-state index in [1.54, 1.807) is 49.6 Å². The van der Waals surface area contributed by atoms with Gasteiger partial charge in [-0.2, -0.15) is 5.26 Å². The van der Waals surface area contributed by atoms with E-state index in [9.17, 15) is 10.1 Å². The molecule has 0 heterocycles. The van der Waals surface area contributed by atoms with Crippen LogP contribution in [0.3, 0.4) is 0 Å². The van der Waals surface area contributed by atoms with Crippen molar-refractivity contribution in [2.24, 2.45) is 0 Å². The predicted octanol–water partition coefficient (Wildman–Crippen LogP) is 4.43. The number of carbonyl (C=O) groups is 1. The van der Waals surface area contributed by atoms with Crippen LogP contribution in [0.5, 0.6) is 17.2 Å². The number of hydrogen-bond donors (Lipinski definition) is 1. The van der Waals surface area contributed by atoms with Gasteiger partial charge in [0, 0.05) is 11.3 Å². The van der Waals surface area contributed by atoms with Crippen molar-refractivity contribution in [3.05, 3.63) is 53.6 Å². The molecule has 146 valence electrons. The zero-order chi connectivity index (χ0) is 20.4. The smallest absolute Gasteiger partial charge is 0.266 e. The number of nitrogens with one attached hydrogen (secondary N) is 1. The Morgan fingerprint density at radius 3 is 2.50 bits per heavy atom. The molecular weight excluding hydrogens is 356 g/mol. The number of para-hydroxylation sites is 1. The number of carbonyl (C=O) groups excluding carboxylic acids is 1. The number of methoxy groups -OCH3 is 1. The molecule has 0 unspecified atom stereocenters. The highest BCUT2D eigenvalue weighted by Gasteiger charge is 2.14. The number of rotatable bonds is 9. The molecule has 2 rings (SSSR count). The Balaban J connectivity index is 2.30. The molecule has 2 aromatic rings. The minimum absolute atomic E-state index is 0.0363. The average Bonchev–Trinajstić information content (AvgIpc) is 2.72. The van der Waals surface area contributed by atoms with Crippen LogP contribution in [0.25, 0.3) is 6.08 Å². The second-order valence-corrected chi connectivity index (χ2v) is 5.81. The van der Waals surface area contributed by atoms with Crippen LogP contribution in [-0.2, 0) is 4.79 Å². The van der Waals surface area contributed by atoms with Gasteiger partial charge in [-0.25, -0.2) is 0 Å². The fourth-order valence-corrected chi connectivity index (χ4v) is 2.45. The number of nitriles is 1. The Bertz CT molecular complexity index is 867. The molecule has 0 atom stereocenters. The van der Waals surface area contributed by atoms with Crippen molar-refractivity contribution in [3.63, 3.8) is 0 Å². The summed E-state index contributed by atoms with van der Waals surface area (Å²) in [6, 6.07) is 14.2. The number of anilines is 1. The van der Waals surface area contributed by atoms with E-state index in [1.807, 2.05) is 19.9 Å². The lowest BCUT2D eigenvalue weighted by Crippen LogP contribution is -2.13. The van der Waals surface area contributed by atoms with Crippen LogP contribution in [0, 0.1) is 11.3 Å². The number of benzene rings is 2. The molecule has 0 aliphatic heterocycles. The van der Waals surface area contributed by atoms with E-state index >= 15 is 0 Å². The quantitative estimate of drug-likeness (QED) is 0.514. The number of ether oxygens (including phenoxy) is 3. The molecule has 0 radical (unpaired) electrons. The van der Waals surface area contributed by atoms with Gasteiger partial charge in [-0.3, -0.25) is 4.79 Å². The Kier molecular flexibility index (Phi) is 7.92. The van der Waals surface area contributed by atoms with Crippen molar-refractivity contribution in [1.29, 1.82) is 5.26 Å². The second-order valence-electron chi connectivity index (χ2n) is 5.81. The van der Waals surface area contributed by atoms with Crippen LogP contribution in [-0.4, -0.2) is 26.2 Å². The minimum atomic E-state index is -0.504. The summed E-state index contributed by atoms with van der Waals surface area (Å²) in [5, 5.41) is 12.2. The van der Waals surface area contributed by atoms with Gasteiger partial charge in [-0.1, -0.05) is 19.1 Å². The summed E-state index contributed by atoms with van der Waals surface area (Å²) in [6.45, 7) is 4.88. The fourth-order valence-electron chi connectivity index (χ4n) is 2.45. The van der Waals surface area contributed by atoms with E-state index in [1.165, 1.54) is 6.08 Å². The molecule has 6 nitrogen and oxygen atoms in total. The summed E-state index contributed by atoms with van der Waals surface area (Å²) in [5.74, 6) is 1.28. The molecule has 0 saturated heterocycles. The Morgan fingerprint density at radius 2 is 1.89 bits per heavy atom. The zero-order valence-corrected chi connectivity index (χ0v) is 16.3. The van der Waals surface area contributed by atoms with Crippen LogP contribution in [0.1, 0.15) is 25.8 Å². The van der Waals surface area contributed by atoms with Crippen LogP contribution in [0.4, 0.5) is 5.69 Å². The van der Waals surface area contributed by atoms with Crippen molar-refractivity contribution in [1.82, 2.24) is 0 Å². The maximum absolute atomic E-state index is 12.5. The summed E-state index contributed by atoms with van der Waals surface area (Å²) in [5.41, 5.74) is 1.14. The third-order valence-corrected chi connectivity index (χ3v) is 3.77. The zero-order valence-electron chi connectivity index (χ0n) is 16.3. The van der Waals surface area contributed by atoms with Crippen LogP contribution in [0.2, 0.25) is 0 Å². The van der Waals surface area contributed by atoms with E-state index in [0.29, 0.717) is 41.7 Å². The highest BCUT2D eigenvalue weighted by molar-refractivity contribution is 6.09. The predicted molar refractivity (Wildman–Crippen MR) is 109 cm³/mol. The highest BCUT2D eigenvalue weighted by Crippen LogP contribution is 2.33. The maximum atomic E-state index is 12.5. The summed E-state index contributed by atoms with van der Waals surface area (Å²) in [7, 11) is 1.57. The largest absolute Gasteiger partial charge is 0.497 e. The van der Waals surface area contributed by atoms with Crippen LogP contribution >= 0.6 is 0 Å². The highest BCUT2D eigenvalue weighted by atomic mass is 16.5. The van der Waals surface area contributed by atoms with Crippen molar-refractivity contribution < 1.29 is 19.0 Å². The molecular formula is C22H24N2O4. The first-order valence-corrected chi connectivity index (χ1v) is 9.08. The summed E-state index contributed by atoms with van der Waals surface area (Å²) in [6.07, 6.45) is 2.33. The third kappa shape index (κ3) is 5.52. The first kappa shape index (κ1) is 20.8. The van der Waals surface area contributed by atoms with Crippen molar-refractivity contribution in [3.8, 4) is 23.3 Å². The Hall–Kier alpha value is -3.46. The molecule has 0 fully saturated rings. The number of amides is 1. The monoisotopic (exact) mass is 380 g/mol. The van der Waals surface area contributed by atoms with Crippen molar-refractivity contribution >= 4 is 17.7 Å². The molecule has 0 spiro atoms. The van der Waals surface area contributed by atoms with Gasteiger partial charge in [0.1, 0.15) is 17.4 Å². The summed E-state index contributed by atoms with van der Waals surface area (Å²) < 4.78 is 16.5. The maximum Gasteiger partial charge on any atom is 0.266 e. The summed E-state index contributed by atoms with van der Waals surface area (Å²) >= 11 is 0. The molecule has 28 heavy (non-hydrogen) atoms. The van der Waals surface area contributed by atoms with Gasteiger partial charge in [0.2, 0.25) is 0 Å². The first-order chi connectivity index (χ1) is 13.6. The lowest BCUT2D eigenvalue weighted by Gasteiger charge is -2.14. The van der Waals surface area contributed by atoms with Crippen molar-refractivity contribution in [2.45, 2.75) is 20.3 Å². The lowest BCUT2D eigenvalue weighted by molar-refractivity contribution is -0.112. The third-order valence-electron chi connectivity index (χ3n) is 3.77. The SMILES string of the molecule is CCCOc1c(/C=C(\C#N)C(=O)Nc2ccc(OC)cc2)cccc1OCC. The van der Waals surface area contributed by atoms with E-state index < -0.39 is 5.91 Å². The van der Waals surface area contributed by atoms with E-state index in [-0.39, 0.29) is 5.57 Å². The van der Waals surface area contributed by atoms with Gasteiger partial charge < -0.3 is 19.5 Å². The van der Waals surface area contributed by atoms with Gasteiger partial charge >= 0.3 is 0 Å². The number of nitrogens with zero attached hydrogens (tertiary/aromatic N) is 1. The summed E-state index contributed by atoms with van der Waals surface area (Å²) in [4.78, 5) is 12.5. The minimum Gasteiger partial charge on any atom is -0.497 e. The molecule has 0 bridgehead atoms. The van der Waals surface area contributed by atoms with Gasteiger partial charge in [0.25, 0.3) is 5.91 Å². The Labute approximate surface area is 165 Å². The normalized spacial score (nSPS) is 10.7. The fraction of sp³-hybridized carbons (Fsp3) is 0.273. The average molecular weight is 380 g/mol. The first-order valence-electron chi connectivity index (χ1n) is 9.08. The Morgan fingerprint density at radius 1 is 1.14 bits per heavy atom. The lowest BCUT2D eigenvalue weighted by atomic mass is 10.1. The van der Waals surface area contributed by atoms with Gasteiger partial charge in [0.05, 0.1) is 20.3 Å².